The van der Waals surface area contributed by atoms with E-state index in [9.17, 15) is 0 Å². The zero-order valence-electron chi connectivity index (χ0n) is 16.7. The summed E-state index contributed by atoms with van der Waals surface area (Å²) >= 11 is 0. The van der Waals surface area contributed by atoms with Crippen LogP contribution in [0, 0.1) is 0 Å². The zero-order chi connectivity index (χ0) is 17.1. The molecule has 0 amide bonds. The van der Waals surface area contributed by atoms with Crippen LogP contribution >= 0.6 is 0 Å². The molecule has 2 aromatic carbocycles. The van der Waals surface area contributed by atoms with Crippen LogP contribution in [0.25, 0.3) is 16.3 Å². The topological polar surface area (TPSA) is 9.23 Å². The summed E-state index contributed by atoms with van der Waals surface area (Å²) in [5, 5.41) is 6.40. The minimum Gasteiger partial charge on any atom is -1.00 e. The van der Waals surface area contributed by atoms with Crippen molar-refractivity contribution in [2.75, 3.05) is 6.61 Å². The first-order valence-electron chi connectivity index (χ1n) is 9.05. The number of halogens is 2. The van der Waals surface area contributed by atoms with E-state index in [1.807, 2.05) is 0 Å². The van der Waals surface area contributed by atoms with E-state index in [0.29, 0.717) is 0 Å². The first kappa shape index (κ1) is 25.2. The molecule has 6 heteroatoms. The Kier molecular flexibility index (Phi) is 8.30. The van der Waals surface area contributed by atoms with Crippen molar-refractivity contribution in [3.05, 3.63) is 47.6 Å². The van der Waals surface area contributed by atoms with Crippen LogP contribution in [0.15, 0.2) is 42.0 Å². The Balaban J connectivity index is 0.00000121. The largest absolute Gasteiger partial charge is 3.00 e. The van der Waals surface area contributed by atoms with Gasteiger partial charge in [0.2, 0.25) is 0 Å². The van der Waals surface area contributed by atoms with E-state index in [2.05, 4.69) is 69.2 Å². The van der Waals surface area contributed by atoms with E-state index in [1.165, 1.54) is 22.1 Å². The molecule has 1 heterocycles. The van der Waals surface area contributed by atoms with Gasteiger partial charge >= 0.3 is 26.2 Å². The van der Waals surface area contributed by atoms with Crippen LogP contribution in [0.1, 0.15) is 18.4 Å². The van der Waals surface area contributed by atoms with E-state index in [0.717, 1.165) is 19.4 Å². The van der Waals surface area contributed by atoms with Gasteiger partial charge in [-0.25, -0.2) is 0 Å². The molecule has 1 aliphatic carbocycles. The van der Waals surface area contributed by atoms with E-state index in [1.54, 1.807) is 15.8 Å². The average molecular weight is 514 g/mol. The van der Waals surface area contributed by atoms with Gasteiger partial charge in [-0.05, 0) is 43.6 Å². The van der Waals surface area contributed by atoms with Gasteiger partial charge < -0.3 is 29.2 Å². The van der Waals surface area contributed by atoms with Crippen molar-refractivity contribution in [1.82, 2.24) is 0 Å². The van der Waals surface area contributed by atoms with Crippen LogP contribution in [-0.4, -0.2) is 23.0 Å². The van der Waals surface area contributed by atoms with E-state index >= 15 is 0 Å². The Hall–Kier alpha value is 0.167. The predicted molar refractivity (Wildman–Crippen MR) is 111 cm³/mol. The SMILES string of the molecule is C[Si](C)(C)OCCC1=CCC(c2cccc3[cH-]c4c(c23)[Si]4(C)C)=C1.[Cl-].[Cl-].[Zr+3]. The molecule has 4 rings (SSSR count). The monoisotopic (exact) mass is 511 g/mol. The summed E-state index contributed by atoms with van der Waals surface area (Å²) in [5.74, 6) is 0. The third kappa shape index (κ3) is 4.84. The summed E-state index contributed by atoms with van der Waals surface area (Å²) in [6, 6.07) is 9.28. The summed E-state index contributed by atoms with van der Waals surface area (Å²) in [6.07, 6.45) is 6.93. The number of rotatable bonds is 5. The van der Waals surface area contributed by atoms with Crippen molar-refractivity contribution in [1.29, 1.82) is 0 Å². The Morgan fingerprint density at radius 2 is 1.85 bits per heavy atom. The second-order valence-electron chi connectivity index (χ2n) is 8.69. The van der Waals surface area contributed by atoms with Gasteiger partial charge in [-0.2, -0.15) is 10.4 Å². The van der Waals surface area contributed by atoms with Gasteiger partial charge in [0.05, 0.1) is 0 Å². The van der Waals surface area contributed by atoms with Crippen molar-refractivity contribution in [3.8, 4) is 0 Å². The summed E-state index contributed by atoms with van der Waals surface area (Å²) in [6.45, 7) is 12.6. The number of allylic oxidation sites excluding steroid dienone is 3. The minimum absolute atomic E-state index is 0. The van der Waals surface area contributed by atoms with Crippen LogP contribution < -0.4 is 35.2 Å². The maximum absolute atomic E-state index is 6.02. The molecular weight excluding hydrogens is 487 g/mol. The van der Waals surface area contributed by atoms with Gasteiger partial charge in [-0.1, -0.05) is 36.9 Å². The quantitative estimate of drug-likeness (QED) is 0.355. The molecule has 0 aromatic heterocycles. The fraction of sp³-hybridized carbons (Fsp3) is 0.381. The number of fused-ring (bicyclic) bond motifs is 3. The molecule has 0 saturated heterocycles. The van der Waals surface area contributed by atoms with E-state index in [-0.39, 0.29) is 51.0 Å². The second kappa shape index (κ2) is 8.89. The molecule has 0 unspecified atom stereocenters. The number of benzene rings is 1. The summed E-state index contributed by atoms with van der Waals surface area (Å²) in [5.41, 5.74) is 4.42. The van der Waals surface area contributed by atoms with Crippen molar-refractivity contribution >= 4 is 43.1 Å². The second-order valence-corrected chi connectivity index (χ2v) is 17.5. The molecule has 1 nitrogen and oxygen atoms in total. The van der Waals surface area contributed by atoms with Gasteiger partial charge in [0.25, 0.3) is 0 Å². The molecule has 1 aliphatic heterocycles. The molecule has 2 aliphatic rings. The molecule has 0 N–H and O–H groups in total. The predicted octanol–water partition coefficient (Wildman–Crippen LogP) is -1.34. The van der Waals surface area contributed by atoms with Crippen LogP contribution in [0.2, 0.25) is 32.7 Å². The van der Waals surface area contributed by atoms with Gasteiger partial charge in [0, 0.05) is 14.7 Å². The van der Waals surface area contributed by atoms with Crippen molar-refractivity contribution in [3.63, 3.8) is 0 Å². The fourth-order valence-corrected chi connectivity index (χ4v) is 8.09. The van der Waals surface area contributed by atoms with Gasteiger partial charge in [-0.3, -0.25) is 0 Å². The van der Waals surface area contributed by atoms with Gasteiger partial charge in [-0.15, -0.1) is 29.0 Å². The third-order valence-corrected chi connectivity index (χ3v) is 9.70. The summed E-state index contributed by atoms with van der Waals surface area (Å²) < 4.78 is 6.02. The van der Waals surface area contributed by atoms with Gasteiger partial charge in [0.1, 0.15) is 0 Å². The Bertz CT molecular complexity index is 891. The maximum Gasteiger partial charge on any atom is 3.00 e. The molecule has 0 saturated carbocycles. The third-order valence-electron chi connectivity index (χ3n) is 5.37. The molecule has 27 heavy (non-hydrogen) atoms. The zero-order valence-corrected chi connectivity index (χ0v) is 22.7. The van der Waals surface area contributed by atoms with Crippen LogP contribution in [0.4, 0.5) is 0 Å². The molecular formula is C21H27Cl2OSi2Zr. The molecule has 1 radical (unpaired) electrons. The van der Waals surface area contributed by atoms with Crippen molar-refractivity contribution in [2.45, 2.75) is 45.6 Å². The van der Waals surface area contributed by atoms with Crippen LogP contribution in [-0.2, 0) is 30.6 Å². The Morgan fingerprint density at radius 3 is 2.52 bits per heavy atom. The summed E-state index contributed by atoms with van der Waals surface area (Å²) in [7, 11) is -2.58. The van der Waals surface area contributed by atoms with Crippen LogP contribution in [0.3, 0.4) is 0 Å². The number of hydrogen-bond acceptors (Lipinski definition) is 1. The normalized spacial score (nSPS) is 16.5. The number of hydrogen-bond donors (Lipinski definition) is 0. The molecule has 0 spiro atoms. The molecule has 0 atom stereocenters. The smallest absolute Gasteiger partial charge is 1.00 e. The molecule has 2 aromatic rings. The van der Waals surface area contributed by atoms with E-state index < -0.39 is 16.4 Å². The standard InChI is InChI=1S/C21H27OSi2.2ClH.Zr/c1-23(2,3)22-12-11-15-9-10-16(13-15)18-8-6-7-17-14-19-21(20(17)18)24(19,4)5;;;/h6-9,13-14H,10-12H2,1-5H3;2*1H;/q-1;;;+3/p-2. The molecule has 0 fully saturated rings. The van der Waals surface area contributed by atoms with Crippen LogP contribution in [0.5, 0.6) is 0 Å². The summed E-state index contributed by atoms with van der Waals surface area (Å²) in [4.78, 5) is 0. The molecule has 0 bridgehead atoms. The Labute approximate surface area is 197 Å². The van der Waals surface area contributed by atoms with Gasteiger partial charge in [0.15, 0.2) is 8.32 Å². The first-order valence-corrected chi connectivity index (χ1v) is 15.5. The maximum atomic E-state index is 6.02. The van der Waals surface area contributed by atoms with E-state index in [4.69, 9.17) is 4.43 Å². The first-order chi connectivity index (χ1) is 11.3. The Morgan fingerprint density at radius 1 is 1.15 bits per heavy atom. The van der Waals surface area contributed by atoms with Crippen molar-refractivity contribution < 1.29 is 55.4 Å². The minimum atomic E-state index is -1.40. The molecule has 143 valence electrons. The fourth-order valence-electron chi connectivity index (χ4n) is 4.01. The van der Waals surface area contributed by atoms with Crippen molar-refractivity contribution in [2.24, 2.45) is 0 Å². The average Bonchev–Trinajstić information content (AvgIpc) is 2.92.